The minimum atomic E-state index is -0.769. The number of aliphatic hydroxyl groups excluding tert-OH is 2. The lowest BCUT2D eigenvalue weighted by atomic mass is 10.0. The third-order valence-corrected chi connectivity index (χ3v) is 16.8. The van der Waals surface area contributed by atoms with Gasteiger partial charge in [0.15, 0.2) is 13.1 Å². The molecule has 0 amide bonds. The Bertz CT molecular complexity index is 1690. The van der Waals surface area contributed by atoms with Gasteiger partial charge in [-0.1, -0.05) is 206 Å². The molecule has 16 heteroatoms. The standard InChI is InChI=1S/C74H138N2O14/c1-9-13-17-31-43-55-71(81)87-61-57-75(5,6)63-73(83)89-67(51-39-15-11-3)65(77)49-41-33-25-19-21-27-35-45-53-69(79)85-59-47-37-29-23-24-30-38-48-60-86-70(80)54-46-36-28-22-20-26-34-42-50-66(78)68(52-40-16-12-4)90-74(84)64-76(7,8)58-62-88-72(82)56-44-32-18-14-10-2/h33-34,41-42,65-68,77-78H,9-32,35-40,43-64H2,1-8H3/q+2. The molecule has 2 N–H and O–H groups in total. The van der Waals surface area contributed by atoms with Gasteiger partial charge < -0.3 is 47.6 Å². The molecule has 0 spiro atoms. The van der Waals surface area contributed by atoms with E-state index in [0.29, 0.717) is 86.6 Å². The molecule has 0 saturated carbocycles. The number of hydrogen-bond donors (Lipinski definition) is 2. The molecule has 0 aromatic carbocycles. The third-order valence-electron chi connectivity index (χ3n) is 16.8. The summed E-state index contributed by atoms with van der Waals surface area (Å²) in [5, 5.41) is 22.1. The van der Waals surface area contributed by atoms with Gasteiger partial charge in [0, 0.05) is 25.7 Å². The van der Waals surface area contributed by atoms with Crippen LogP contribution in [-0.2, 0) is 57.2 Å². The Kier molecular flexibility index (Phi) is 57.5. The van der Waals surface area contributed by atoms with E-state index < -0.39 is 24.4 Å². The molecule has 0 aliphatic rings. The zero-order chi connectivity index (χ0) is 66.6. The highest BCUT2D eigenvalue weighted by Crippen LogP contribution is 2.19. The number of carbonyl (C=O) groups excluding carboxylic acids is 6. The van der Waals surface area contributed by atoms with Crippen LogP contribution in [0.5, 0.6) is 0 Å². The summed E-state index contributed by atoms with van der Waals surface area (Å²) in [4.78, 5) is 74.9. The molecular weight excluding hydrogens is 1140 g/mol. The van der Waals surface area contributed by atoms with Gasteiger partial charge in [-0.2, -0.15) is 0 Å². The normalized spacial score (nSPS) is 13.3. The van der Waals surface area contributed by atoms with Gasteiger partial charge in [-0.15, -0.1) is 0 Å². The largest absolute Gasteiger partial charge is 0.466 e. The number of rotatable bonds is 65. The van der Waals surface area contributed by atoms with E-state index in [1.807, 2.05) is 40.3 Å². The number of unbranched alkanes of at least 4 members (excludes halogenated alkanes) is 29. The van der Waals surface area contributed by atoms with E-state index in [9.17, 15) is 39.0 Å². The Balaban J connectivity index is 4.00. The quantitative estimate of drug-likeness (QED) is 0.0192. The molecule has 0 rings (SSSR count). The minimum absolute atomic E-state index is 0.106. The van der Waals surface area contributed by atoms with Gasteiger partial charge in [-0.25, -0.2) is 9.59 Å². The van der Waals surface area contributed by atoms with Gasteiger partial charge in [0.25, 0.3) is 0 Å². The summed E-state index contributed by atoms with van der Waals surface area (Å²) >= 11 is 0. The van der Waals surface area contributed by atoms with Crippen molar-refractivity contribution in [2.45, 2.75) is 335 Å². The summed E-state index contributed by atoms with van der Waals surface area (Å²) in [5.41, 5.74) is 0. The van der Waals surface area contributed by atoms with E-state index in [0.717, 1.165) is 205 Å². The Morgan fingerprint density at radius 2 is 0.589 bits per heavy atom. The van der Waals surface area contributed by atoms with Gasteiger partial charge >= 0.3 is 35.8 Å². The maximum absolute atomic E-state index is 13.0. The van der Waals surface area contributed by atoms with Crippen LogP contribution in [0.2, 0.25) is 0 Å². The Morgan fingerprint density at radius 1 is 0.322 bits per heavy atom. The molecule has 0 radical (unpaired) electrons. The second-order valence-electron chi connectivity index (χ2n) is 26.9. The topological polar surface area (TPSA) is 198 Å². The minimum Gasteiger partial charge on any atom is -0.466 e. The van der Waals surface area contributed by atoms with Crippen molar-refractivity contribution in [2.75, 3.05) is 80.8 Å². The Labute approximate surface area is 549 Å². The molecule has 0 aliphatic heterocycles. The smallest absolute Gasteiger partial charge is 0.362 e. The number of esters is 6. The predicted molar refractivity (Wildman–Crippen MR) is 363 cm³/mol. The molecule has 16 nitrogen and oxygen atoms in total. The predicted octanol–water partition coefficient (Wildman–Crippen LogP) is 16.2. The monoisotopic (exact) mass is 1280 g/mol. The van der Waals surface area contributed by atoms with Gasteiger partial charge in [0.2, 0.25) is 0 Å². The average Bonchev–Trinajstić information content (AvgIpc) is 2.44. The lowest BCUT2D eigenvalue weighted by molar-refractivity contribution is -0.883. The van der Waals surface area contributed by atoms with Crippen LogP contribution in [-0.4, -0.2) is 160 Å². The van der Waals surface area contributed by atoms with Gasteiger partial charge in [0.1, 0.15) is 38.5 Å². The molecule has 4 atom stereocenters. The first kappa shape index (κ1) is 86.1. The molecule has 0 saturated heterocycles. The molecule has 0 aliphatic carbocycles. The van der Waals surface area contributed by atoms with Crippen molar-refractivity contribution in [3.05, 3.63) is 24.3 Å². The number of ether oxygens (including phenoxy) is 6. The van der Waals surface area contributed by atoms with Crippen molar-refractivity contribution in [1.82, 2.24) is 0 Å². The van der Waals surface area contributed by atoms with Crippen LogP contribution in [0.1, 0.15) is 310 Å². The van der Waals surface area contributed by atoms with E-state index in [-0.39, 0.29) is 62.1 Å². The lowest BCUT2D eigenvalue weighted by Crippen LogP contribution is -2.48. The van der Waals surface area contributed by atoms with Crippen molar-refractivity contribution in [3.63, 3.8) is 0 Å². The van der Waals surface area contributed by atoms with Crippen molar-refractivity contribution >= 4 is 35.8 Å². The second-order valence-corrected chi connectivity index (χ2v) is 26.9. The molecular formula is C74H138N2O14+2. The molecule has 4 unspecified atom stereocenters. The third kappa shape index (κ3) is 56.9. The Morgan fingerprint density at radius 3 is 0.911 bits per heavy atom. The van der Waals surface area contributed by atoms with Crippen LogP contribution in [0.4, 0.5) is 0 Å². The second kappa shape index (κ2) is 60.1. The highest BCUT2D eigenvalue weighted by Gasteiger charge is 2.29. The summed E-state index contributed by atoms with van der Waals surface area (Å²) in [5.74, 6) is -1.28. The average molecular weight is 1280 g/mol. The summed E-state index contributed by atoms with van der Waals surface area (Å²) in [6.07, 6.45) is 46.4. The van der Waals surface area contributed by atoms with Crippen molar-refractivity contribution in [1.29, 1.82) is 0 Å². The summed E-state index contributed by atoms with van der Waals surface area (Å²) < 4.78 is 34.2. The maximum Gasteiger partial charge on any atom is 0.362 e. The van der Waals surface area contributed by atoms with E-state index in [2.05, 4.69) is 39.8 Å². The van der Waals surface area contributed by atoms with Gasteiger partial charge in [-0.3, -0.25) is 19.2 Å². The summed E-state index contributed by atoms with van der Waals surface area (Å²) in [6, 6.07) is 0. The molecule has 0 fully saturated rings. The number of quaternary nitrogens is 2. The number of carbonyl (C=O) groups is 6. The van der Waals surface area contributed by atoms with E-state index in [1.54, 1.807) is 0 Å². The van der Waals surface area contributed by atoms with Gasteiger partial charge in [-0.05, 0) is 103 Å². The van der Waals surface area contributed by atoms with Crippen molar-refractivity contribution in [3.8, 4) is 0 Å². The van der Waals surface area contributed by atoms with Crippen LogP contribution < -0.4 is 0 Å². The fraction of sp³-hybridized carbons (Fsp3) is 0.865. The number of aliphatic hydroxyl groups is 2. The highest BCUT2D eigenvalue weighted by atomic mass is 16.6. The molecule has 0 aromatic rings. The lowest BCUT2D eigenvalue weighted by Gasteiger charge is -2.30. The van der Waals surface area contributed by atoms with Crippen molar-refractivity contribution in [2.24, 2.45) is 0 Å². The van der Waals surface area contributed by atoms with Crippen LogP contribution in [0.15, 0.2) is 24.3 Å². The zero-order valence-electron chi connectivity index (χ0n) is 59.1. The van der Waals surface area contributed by atoms with Crippen molar-refractivity contribution < 1.29 is 76.4 Å². The van der Waals surface area contributed by atoms with Crippen LogP contribution in [0.3, 0.4) is 0 Å². The fourth-order valence-corrected chi connectivity index (χ4v) is 10.7. The fourth-order valence-electron chi connectivity index (χ4n) is 10.7. The first-order chi connectivity index (χ1) is 43.4. The molecule has 0 bridgehead atoms. The maximum atomic E-state index is 13.0. The molecule has 0 heterocycles. The van der Waals surface area contributed by atoms with Gasteiger partial charge in [0.05, 0.1) is 53.6 Å². The van der Waals surface area contributed by atoms with E-state index in [4.69, 9.17) is 28.4 Å². The SMILES string of the molecule is CCCCCCCC(=O)OCC[N+](C)(C)CC(=O)OC(CCCCC)C(O)CC=CCCCCCCCC(=O)OCCCCCCCCCCOC(=O)CCCCCCCC=CCC(O)C(CCCCC)OC(=O)C[N+](C)(C)CCOC(=O)CCCCCCC. The first-order valence-electron chi connectivity index (χ1n) is 36.7. The van der Waals surface area contributed by atoms with Crippen LogP contribution in [0, 0.1) is 0 Å². The summed E-state index contributed by atoms with van der Waals surface area (Å²) in [6.45, 7) is 11.4. The number of allylic oxidation sites excluding steroid dienone is 2. The zero-order valence-corrected chi connectivity index (χ0v) is 59.1. The number of nitrogens with zero attached hydrogens (tertiary/aromatic N) is 2. The van der Waals surface area contributed by atoms with E-state index in [1.165, 1.54) is 25.7 Å². The Hall–Kier alpha value is -3.86. The van der Waals surface area contributed by atoms with E-state index >= 15 is 0 Å². The van der Waals surface area contributed by atoms with Crippen LogP contribution in [0.25, 0.3) is 0 Å². The summed E-state index contributed by atoms with van der Waals surface area (Å²) in [7, 11) is 7.69. The number of hydrogen-bond acceptors (Lipinski definition) is 14. The molecule has 526 valence electrons. The van der Waals surface area contributed by atoms with Crippen LogP contribution >= 0.6 is 0 Å². The first-order valence-corrected chi connectivity index (χ1v) is 36.7. The molecule has 0 aromatic heterocycles. The molecule has 90 heavy (non-hydrogen) atoms. The number of likely N-dealkylation sites (N-methyl/N-ethyl adjacent to an activating group) is 2. The highest BCUT2D eigenvalue weighted by molar-refractivity contribution is 5.72.